The van der Waals surface area contributed by atoms with E-state index in [1.165, 1.54) is 6.42 Å². The molecule has 1 amide bonds. The molecule has 0 radical (unpaired) electrons. The summed E-state index contributed by atoms with van der Waals surface area (Å²) in [4.78, 5) is 13.6. The van der Waals surface area contributed by atoms with E-state index in [-0.39, 0.29) is 6.09 Å². The Morgan fingerprint density at radius 3 is 2.73 bits per heavy atom. The van der Waals surface area contributed by atoms with E-state index in [1.807, 2.05) is 20.8 Å². The van der Waals surface area contributed by atoms with Gasteiger partial charge in [0.05, 0.1) is 0 Å². The average molecular weight is 231 g/mol. The molecule has 1 aliphatic heterocycles. The maximum atomic E-state index is 11.8. The summed E-state index contributed by atoms with van der Waals surface area (Å²) >= 11 is 4.28. The van der Waals surface area contributed by atoms with Gasteiger partial charge in [-0.25, -0.2) is 4.79 Å². The number of likely N-dealkylation sites (tertiary alicyclic amines) is 1. The van der Waals surface area contributed by atoms with Crippen LogP contribution in [0.2, 0.25) is 0 Å². The SMILES string of the molecule is CC(C)(C)OC(=O)N1CCC[C@H](CS)C1. The summed E-state index contributed by atoms with van der Waals surface area (Å²) in [5, 5.41) is 0. The van der Waals surface area contributed by atoms with Crippen molar-refractivity contribution in [1.82, 2.24) is 4.90 Å². The topological polar surface area (TPSA) is 29.5 Å². The largest absolute Gasteiger partial charge is 0.444 e. The lowest BCUT2D eigenvalue weighted by molar-refractivity contribution is 0.0177. The Hall–Kier alpha value is -0.380. The first kappa shape index (κ1) is 12.7. The van der Waals surface area contributed by atoms with Crippen molar-refractivity contribution < 1.29 is 9.53 Å². The molecule has 15 heavy (non-hydrogen) atoms. The number of piperidine rings is 1. The minimum absolute atomic E-state index is 0.186. The highest BCUT2D eigenvalue weighted by atomic mass is 32.1. The van der Waals surface area contributed by atoms with Crippen LogP contribution in [-0.2, 0) is 4.74 Å². The fraction of sp³-hybridized carbons (Fsp3) is 0.909. The second-order valence-corrected chi connectivity index (χ2v) is 5.48. The van der Waals surface area contributed by atoms with Crippen molar-refractivity contribution in [2.45, 2.75) is 39.2 Å². The van der Waals surface area contributed by atoms with Crippen molar-refractivity contribution in [2.24, 2.45) is 5.92 Å². The molecule has 0 aromatic rings. The van der Waals surface area contributed by atoms with E-state index in [1.54, 1.807) is 4.90 Å². The van der Waals surface area contributed by atoms with Crippen LogP contribution in [0.1, 0.15) is 33.6 Å². The molecule has 0 N–H and O–H groups in total. The van der Waals surface area contributed by atoms with Gasteiger partial charge >= 0.3 is 6.09 Å². The summed E-state index contributed by atoms with van der Waals surface area (Å²) in [5.74, 6) is 1.37. The van der Waals surface area contributed by atoms with Gasteiger partial charge in [-0.15, -0.1) is 0 Å². The molecule has 3 nitrogen and oxygen atoms in total. The fourth-order valence-corrected chi connectivity index (χ4v) is 2.00. The molecule has 1 saturated heterocycles. The van der Waals surface area contributed by atoms with E-state index in [4.69, 9.17) is 4.74 Å². The molecule has 0 aromatic heterocycles. The van der Waals surface area contributed by atoms with Gasteiger partial charge in [-0.05, 0) is 45.3 Å². The predicted molar refractivity (Wildman–Crippen MR) is 64.4 cm³/mol. The van der Waals surface area contributed by atoms with Gasteiger partial charge in [0.25, 0.3) is 0 Å². The van der Waals surface area contributed by atoms with Gasteiger partial charge in [0.2, 0.25) is 0 Å². The Balaban J connectivity index is 2.45. The minimum atomic E-state index is -0.398. The van der Waals surface area contributed by atoms with Crippen LogP contribution in [0, 0.1) is 5.92 Å². The van der Waals surface area contributed by atoms with E-state index in [2.05, 4.69) is 12.6 Å². The van der Waals surface area contributed by atoms with Gasteiger partial charge in [-0.1, -0.05) is 0 Å². The number of rotatable bonds is 1. The van der Waals surface area contributed by atoms with E-state index in [9.17, 15) is 4.79 Å². The number of ether oxygens (including phenoxy) is 1. The highest BCUT2D eigenvalue weighted by Crippen LogP contribution is 2.19. The molecule has 4 heteroatoms. The number of thiol groups is 1. The Morgan fingerprint density at radius 1 is 1.53 bits per heavy atom. The summed E-state index contributed by atoms with van der Waals surface area (Å²) in [6, 6.07) is 0. The van der Waals surface area contributed by atoms with Crippen LogP contribution in [0.3, 0.4) is 0 Å². The monoisotopic (exact) mass is 231 g/mol. The van der Waals surface area contributed by atoms with Crippen molar-refractivity contribution >= 4 is 18.7 Å². The lowest BCUT2D eigenvalue weighted by Crippen LogP contribution is -2.43. The van der Waals surface area contributed by atoms with Crippen molar-refractivity contribution in [2.75, 3.05) is 18.8 Å². The standard InChI is InChI=1S/C11H21NO2S/c1-11(2,3)14-10(13)12-6-4-5-9(7-12)8-15/h9,15H,4-8H2,1-3H3/t9-/m0/s1. The van der Waals surface area contributed by atoms with Crippen LogP contribution >= 0.6 is 12.6 Å². The summed E-state index contributed by atoms with van der Waals surface area (Å²) < 4.78 is 5.33. The molecule has 1 rings (SSSR count). The van der Waals surface area contributed by atoms with Crippen molar-refractivity contribution in [3.05, 3.63) is 0 Å². The van der Waals surface area contributed by atoms with Gasteiger partial charge in [0, 0.05) is 13.1 Å². The fourth-order valence-electron chi connectivity index (χ4n) is 1.71. The third kappa shape index (κ3) is 4.33. The molecule has 0 aliphatic carbocycles. The Bertz CT molecular complexity index is 225. The number of hydrogen-bond acceptors (Lipinski definition) is 3. The second-order valence-electron chi connectivity index (χ2n) is 5.12. The maximum Gasteiger partial charge on any atom is 0.410 e. The van der Waals surface area contributed by atoms with Crippen molar-refractivity contribution in [3.8, 4) is 0 Å². The van der Waals surface area contributed by atoms with Crippen molar-refractivity contribution in [1.29, 1.82) is 0 Å². The Kier molecular flexibility index (Phi) is 4.32. The smallest absolute Gasteiger partial charge is 0.410 e. The molecule has 0 spiro atoms. The first-order valence-electron chi connectivity index (χ1n) is 5.51. The molecule has 1 aliphatic rings. The zero-order valence-electron chi connectivity index (χ0n) is 9.82. The predicted octanol–water partition coefficient (Wildman–Crippen LogP) is 2.56. The van der Waals surface area contributed by atoms with Crippen LogP contribution in [0.4, 0.5) is 4.79 Å². The minimum Gasteiger partial charge on any atom is -0.444 e. The highest BCUT2D eigenvalue weighted by Gasteiger charge is 2.26. The number of amides is 1. The molecular formula is C11H21NO2S. The van der Waals surface area contributed by atoms with E-state index < -0.39 is 5.60 Å². The normalized spacial score (nSPS) is 22.7. The van der Waals surface area contributed by atoms with Gasteiger partial charge in [0.1, 0.15) is 5.60 Å². The van der Waals surface area contributed by atoms with Gasteiger partial charge < -0.3 is 9.64 Å². The molecule has 0 saturated carbocycles. The number of nitrogens with zero attached hydrogens (tertiary/aromatic N) is 1. The molecule has 88 valence electrons. The van der Waals surface area contributed by atoms with Crippen LogP contribution < -0.4 is 0 Å². The van der Waals surface area contributed by atoms with Crippen LogP contribution in [0.5, 0.6) is 0 Å². The number of hydrogen-bond donors (Lipinski definition) is 1. The van der Waals surface area contributed by atoms with Crippen LogP contribution in [-0.4, -0.2) is 35.4 Å². The lowest BCUT2D eigenvalue weighted by atomic mass is 10.0. The van der Waals surface area contributed by atoms with E-state index in [0.29, 0.717) is 5.92 Å². The molecule has 1 heterocycles. The quantitative estimate of drug-likeness (QED) is 0.703. The number of carbonyl (C=O) groups is 1. The lowest BCUT2D eigenvalue weighted by Gasteiger charge is -2.33. The molecule has 1 atom stereocenters. The first-order chi connectivity index (χ1) is 6.92. The van der Waals surface area contributed by atoms with Gasteiger partial charge in [-0.2, -0.15) is 12.6 Å². The summed E-state index contributed by atoms with van der Waals surface area (Å²) in [7, 11) is 0. The van der Waals surface area contributed by atoms with Gasteiger partial charge in [-0.3, -0.25) is 0 Å². The van der Waals surface area contributed by atoms with Crippen LogP contribution in [0.25, 0.3) is 0 Å². The zero-order valence-corrected chi connectivity index (χ0v) is 10.7. The third-order valence-electron chi connectivity index (χ3n) is 2.43. The van der Waals surface area contributed by atoms with Crippen LogP contribution in [0.15, 0.2) is 0 Å². The molecule has 0 unspecified atom stereocenters. The summed E-state index contributed by atoms with van der Waals surface area (Å²) in [6.07, 6.45) is 2.04. The maximum absolute atomic E-state index is 11.8. The van der Waals surface area contributed by atoms with Gasteiger partial charge in [0.15, 0.2) is 0 Å². The Morgan fingerprint density at radius 2 is 2.20 bits per heavy atom. The molecule has 0 bridgehead atoms. The number of carbonyl (C=O) groups excluding carboxylic acids is 1. The van der Waals surface area contributed by atoms with Crippen molar-refractivity contribution in [3.63, 3.8) is 0 Å². The third-order valence-corrected chi connectivity index (χ3v) is 2.95. The average Bonchev–Trinajstić information content (AvgIpc) is 2.15. The second kappa shape index (κ2) is 5.10. The summed E-state index contributed by atoms with van der Waals surface area (Å²) in [5.41, 5.74) is -0.398. The zero-order chi connectivity index (χ0) is 11.5. The summed E-state index contributed by atoms with van der Waals surface area (Å²) in [6.45, 7) is 7.29. The van der Waals surface area contributed by atoms with E-state index in [0.717, 1.165) is 25.3 Å². The molecular weight excluding hydrogens is 210 g/mol. The highest BCUT2D eigenvalue weighted by molar-refractivity contribution is 7.80. The molecule has 0 aromatic carbocycles. The molecule has 1 fully saturated rings. The Labute approximate surface area is 97.6 Å². The van der Waals surface area contributed by atoms with E-state index >= 15 is 0 Å². The first-order valence-corrected chi connectivity index (χ1v) is 6.14.